The minimum absolute atomic E-state index is 0.0788. The van der Waals surface area contributed by atoms with Crippen LogP contribution in [0.15, 0.2) is 59.4 Å². The number of unbranched alkanes of at least 4 members (excludes halogenated alkanes) is 9. The molecule has 3 aromatic rings. The molecule has 0 radical (unpaired) electrons. The fourth-order valence-electron chi connectivity index (χ4n) is 4.88. The molecule has 36 heavy (non-hydrogen) atoms. The van der Waals surface area contributed by atoms with Crippen LogP contribution in [0.1, 0.15) is 102 Å². The lowest BCUT2D eigenvalue weighted by Gasteiger charge is -2.21. The van der Waals surface area contributed by atoms with E-state index in [2.05, 4.69) is 24.4 Å². The number of carbonyl (C=O) groups is 1. The van der Waals surface area contributed by atoms with Crippen molar-refractivity contribution < 1.29 is 4.79 Å². The lowest BCUT2D eigenvalue weighted by Crippen LogP contribution is -2.36. The Morgan fingerprint density at radius 1 is 0.833 bits per heavy atom. The van der Waals surface area contributed by atoms with Gasteiger partial charge in [0, 0.05) is 25.3 Å². The van der Waals surface area contributed by atoms with Crippen molar-refractivity contribution in [1.82, 2.24) is 15.1 Å². The van der Waals surface area contributed by atoms with E-state index in [0.29, 0.717) is 18.4 Å². The van der Waals surface area contributed by atoms with Crippen molar-refractivity contribution in [3.63, 3.8) is 0 Å². The van der Waals surface area contributed by atoms with Crippen molar-refractivity contribution >= 4 is 16.7 Å². The Hall–Kier alpha value is -2.95. The van der Waals surface area contributed by atoms with Crippen LogP contribution in [0, 0.1) is 0 Å². The molecule has 0 saturated carbocycles. The molecule has 0 fully saturated rings. The number of amides is 1. The number of carbonyl (C=O) groups excluding carboxylic acids is 1. The summed E-state index contributed by atoms with van der Waals surface area (Å²) in [5.74, 6) is -0.0820. The van der Waals surface area contributed by atoms with E-state index in [1.165, 1.54) is 58.3 Å². The van der Waals surface area contributed by atoms with Crippen molar-refractivity contribution in [2.75, 3.05) is 6.54 Å². The SMILES string of the molecule is CCCCCCCCCCCCC(CNC(C)=O)n1nc(Cc2ccccc2)c2ccccc2c1=O. The Morgan fingerprint density at radius 2 is 1.42 bits per heavy atom. The Labute approximate surface area is 216 Å². The van der Waals surface area contributed by atoms with Crippen LogP contribution in [-0.2, 0) is 11.2 Å². The summed E-state index contributed by atoms with van der Waals surface area (Å²) in [5, 5.41) is 9.42. The van der Waals surface area contributed by atoms with E-state index >= 15 is 0 Å². The molecule has 3 rings (SSSR count). The first kappa shape index (κ1) is 27.6. The van der Waals surface area contributed by atoms with Crippen LogP contribution in [-0.4, -0.2) is 22.2 Å². The Morgan fingerprint density at radius 3 is 2.06 bits per heavy atom. The minimum Gasteiger partial charge on any atom is -0.354 e. The molecule has 194 valence electrons. The standard InChI is InChI=1S/C31H43N3O2/c1-3-4-5-6-7-8-9-10-11-15-20-27(24-32-25(2)35)34-31(36)29-22-17-16-21-28(29)30(33-34)23-26-18-13-12-14-19-26/h12-14,16-19,21-22,27H,3-11,15,20,23-24H2,1-2H3,(H,32,35). The summed E-state index contributed by atoms with van der Waals surface area (Å²) in [5.41, 5.74) is 1.98. The predicted molar refractivity (Wildman–Crippen MR) is 149 cm³/mol. The normalized spacial score (nSPS) is 12.1. The first-order valence-corrected chi connectivity index (χ1v) is 13.9. The zero-order valence-electron chi connectivity index (χ0n) is 22.2. The van der Waals surface area contributed by atoms with Crippen molar-refractivity contribution in [1.29, 1.82) is 0 Å². The molecule has 1 aromatic heterocycles. The monoisotopic (exact) mass is 489 g/mol. The van der Waals surface area contributed by atoms with Gasteiger partial charge in [-0.15, -0.1) is 0 Å². The van der Waals surface area contributed by atoms with Crippen molar-refractivity contribution in [3.05, 3.63) is 76.2 Å². The summed E-state index contributed by atoms with van der Waals surface area (Å²) in [6.45, 7) is 4.20. The van der Waals surface area contributed by atoms with E-state index in [1.54, 1.807) is 4.68 Å². The smallest absolute Gasteiger partial charge is 0.274 e. The van der Waals surface area contributed by atoms with Gasteiger partial charge < -0.3 is 5.32 Å². The second kappa shape index (κ2) is 15.2. The van der Waals surface area contributed by atoms with E-state index in [-0.39, 0.29) is 17.5 Å². The van der Waals surface area contributed by atoms with Crippen LogP contribution in [0.2, 0.25) is 0 Å². The number of hydrogen-bond donors (Lipinski definition) is 1. The van der Waals surface area contributed by atoms with Crippen LogP contribution in [0.5, 0.6) is 0 Å². The van der Waals surface area contributed by atoms with Crippen LogP contribution < -0.4 is 10.9 Å². The lowest BCUT2D eigenvalue weighted by molar-refractivity contribution is -0.119. The average molecular weight is 490 g/mol. The predicted octanol–water partition coefficient (Wildman–Crippen LogP) is 6.98. The molecular weight excluding hydrogens is 446 g/mol. The third kappa shape index (κ3) is 8.61. The molecule has 0 aliphatic carbocycles. The molecule has 1 amide bonds. The number of nitrogens with zero attached hydrogens (tertiary/aromatic N) is 2. The van der Waals surface area contributed by atoms with Gasteiger partial charge in [-0.1, -0.05) is 120 Å². The van der Waals surface area contributed by atoms with E-state index < -0.39 is 0 Å². The second-order valence-corrected chi connectivity index (χ2v) is 9.97. The Balaban J connectivity index is 1.71. The van der Waals surface area contributed by atoms with Gasteiger partial charge in [0.1, 0.15) is 0 Å². The fraction of sp³-hybridized carbons (Fsp3) is 0.516. The van der Waals surface area contributed by atoms with Gasteiger partial charge in [-0.2, -0.15) is 5.10 Å². The second-order valence-electron chi connectivity index (χ2n) is 9.97. The maximum Gasteiger partial charge on any atom is 0.274 e. The van der Waals surface area contributed by atoms with Gasteiger partial charge in [0.25, 0.3) is 5.56 Å². The first-order valence-electron chi connectivity index (χ1n) is 13.9. The van der Waals surface area contributed by atoms with Gasteiger partial charge >= 0.3 is 0 Å². The number of nitrogens with one attached hydrogen (secondary N) is 1. The van der Waals surface area contributed by atoms with E-state index in [0.717, 1.165) is 35.9 Å². The van der Waals surface area contributed by atoms with Crippen molar-refractivity contribution in [2.24, 2.45) is 0 Å². The number of rotatable bonds is 16. The van der Waals surface area contributed by atoms with Crippen LogP contribution >= 0.6 is 0 Å². The highest BCUT2D eigenvalue weighted by molar-refractivity contribution is 5.83. The molecule has 1 unspecified atom stereocenters. The summed E-state index contributed by atoms with van der Waals surface area (Å²) in [6.07, 6.45) is 14.2. The molecule has 1 N–H and O–H groups in total. The maximum absolute atomic E-state index is 13.5. The minimum atomic E-state index is -0.158. The van der Waals surface area contributed by atoms with E-state index in [9.17, 15) is 9.59 Å². The summed E-state index contributed by atoms with van der Waals surface area (Å²) < 4.78 is 1.64. The van der Waals surface area contributed by atoms with Crippen molar-refractivity contribution in [3.8, 4) is 0 Å². The van der Waals surface area contributed by atoms with Crippen LogP contribution in [0.4, 0.5) is 0 Å². The molecule has 0 aliphatic rings. The molecule has 0 bridgehead atoms. The largest absolute Gasteiger partial charge is 0.354 e. The number of hydrogen-bond acceptors (Lipinski definition) is 3. The summed E-state index contributed by atoms with van der Waals surface area (Å²) >= 11 is 0. The molecule has 0 spiro atoms. The highest BCUT2D eigenvalue weighted by Gasteiger charge is 2.18. The zero-order valence-corrected chi connectivity index (χ0v) is 22.2. The average Bonchev–Trinajstić information content (AvgIpc) is 2.89. The van der Waals surface area contributed by atoms with Crippen molar-refractivity contribution in [2.45, 2.75) is 96.9 Å². The Kier molecular flexibility index (Phi) is 11.7. The third-order valence-corrected chi connectivity index (χ3v) is 6.94. The van der Waals surface area contributed by atoms with Gasteiger partial charge in [0.15, 0.2) is 0 Å². The highest BCUT2D eigenvalue weighted by Crippen LogP contribution is 2.21. The number of aromatic nitrogens is 2. The molecule has 1 atom stereocenters. The molecule has 0 saturated heterocycles. The lowest BCUT2D eigenvalue weighted by atomic mass is 10.0. The van der Waals surface area contributed by atoms with Gasteiger partial charge in [-0.3, -0.25) is 9.59 Å². The molecule has 0 aliphatic heterocycles. The van der Waals surface area contributed by atoms with Gasteiger partial charge in [0.05, 0.1) is 17.1 Å². The summed E-state index contributed by atoms with van der Waals surface area (Å²) in [7, 11) is 0. The Bertz CT molecular complexity index is 1120. The summed E-state index contributed by atoms with van der Waals surface area (Å²) in [6, 6.07) is 17.8. The van der Waals surface area contributed by atoms with E-state index in [4.69, 9.17) is 5.10 Å². The quantitative estimate of drug-likeness (QED) is 0.221. The van der Waals surface area contributed by atoms with Gasteiger partial charge in [-0.05, 0) is 18.1 Å². The molecule has 2 aromatic carbocycles. The summed E-state index contributed by atoms with van der Waals surface area (Å²) in [4.78, 5) is 25.2. The third-order valence-electron chi connectivity index (χ3n) is 6.94. The molecule has 1 heterocycles. The fourth-order valence-corrected chi connectivity index (χ4v) is 4.88. The number of benzene rings is 2. The van der Waals surface area contributed by atoms with Gasteiger partial charge in [-0.25, -0.2) is 4.68 Å². The highest BCUT2D eigenvalue weighted by atomic mass is 16.1. The molecule has 5 nitrogen and oxygen atoms in total. The number of fused-ring (bicyclic) bond motifs is 1. The topological polar surface area (TPSA) is 64.0 Å². The van der Waals surface area contributed by atoms with Crippen LogP contribution in [0.3, 0.4) is 0 Å². The molecule has 5 heteroatoms. The first-order chi connectivity index (χ1) is 17.6. The maximum atomic E-state index is 13.5. The van der Waals surface area contributed by atoms with E-state index in [1.807, 2.05) is 42.5 Å². The zero-order chi connectivity index (χ0) is 25.6. The van der Waals surface area contributed by atoms with Gasteiger partial charge in [0.2, 0.25) is 5.91 Å². The van der Waals surface area contributed by atoms with Crippen LogP contribution in [0.25, 0.3) is 10.8 Å². The molecular formula is C31H43N3O2.